The van der Waals surface area contributed by atoms with E-state index in [1.54, 1.807) is 6.20 Å². The second-order valence-corrected chi connectivity index (χ2v) is 8.09. The van der Waals surface area contributed by atoms with Gasteiger partial charge in [-0.25, -0.2) is 0 Å². The fourth-order valence-electron chi connectivity index (χ4n) is 1.62. The van der Waals surface area contributed by atoms with Crippen molar-refractivity contribution >= 4 is 28.1 Å². The zero-order valence-electron chi connectivity index (χ0n) is 11.6. The van der Waals surface area contributed by atoms with Crippen molar-refractivity contribution in [2.75, 3.05) is 0 Å². The monoisotopic (exact) mass is 305 g/mol. The van der Waals surface area contributed by atoms with Gasteiger partial charge in [-0.2, -0.15) is 9.61 Å². The molecule has 20 heavy (non-hydrogen) atoms. The lowest BCUT2D eigenvalue weighted by Gasteiger charge is -2.15. The Balaban J connectivity index is 1.91. The molecule has 104 valence electrons. The molecule has 0 amide bonds. The molecule has 0 aliphatic heterocycles. The first-order valence-corrected chi connectivity index (χ1v) is 8.10. The van der Waals surface area contributed by atoms with Crippen LogP contribution in [-0.4, -0.2) is 29.5 Å². The van der Waals surface area contributed by atoms with E-state index in [0.29, 0.717) is 0 Å². The van der Waals surface area contributed by atoms with Crippen LogP contribution in [-0.2, 0) is 5.75 Å². The minimum atomic E-state index is 0.200. The highest BCUT2D eigenvalue weighted by molar-refractivity contribution is 7.99. The van der Waals surface area contributed by atoms with Crippen molar-refractivity contribution in [1.82, 2.24) is 24.8 Å². The Hall–Kier alpha value is -1.47. The standard InChI is InChI=1S/C13H15N5S2/c1-13(2,3)19-8-10-15-16-12-18(10)17-11(20-12)9-6-4-5-7-14-9/h4-7H,8H2,1-3H3. The van der Waals surface area contributed by atoms with Gasteiger partial charge in [0.25, 0.3) is 0 Å². The number of rotatable bonds is 3. The predicted molar refractivity (Wildman–Crippen MR) is 82.9 cm³/mol. The molecular weight excluding hydrogens is 290 g/mol. The van der Waals surface area contributed by atoms with Crippen molar-refractivity contribution in [1.29, 1.82) is 0 Å². The lowest BCUT2D eigenvalue weighted by atomic mass is 10.3. The lowest BCUT2D eigenvalue weighted by molar-refractivity contribution is 0.796. The summed E-state index contributed by atoms with van der Waals surface area (Å²) in [4.78, 5) is 5.13. The van der Waals surface area contributed by atoms with Crippen LogP contribution in [0.25, 0.3) is 15.7 Å². The molecule has 0 saturated heterocycles. The second kappa shape index (κ2) is 5.14. The summed E-state index contributed by atoms with van der Waals surface area (Å²) in [6, 6.07) is 5.81. The summed E-state index contributed by atoms with van der Waals surface area (Å²) in [7, 11) is 0. The van der Waals surface area contributed by atoms with Gasteiger partial charge < -0.3 is 0 Å². The Kier molecular flexibility index (Phi) is 3.47. The van der Waals surface area contributed by atoms with Crippen molar-refractivity contribution in [2.45, 2.75) is 31.3 Å². The minimum absolute atomic E-state index is 0.200. The topological polar surface area (TPSA) is 56.0 Å². The highest BCUT2D eigenvalue weighted by atomic mass is 32.2. The van der Waals surface area contributed by atoms with Gasteiger partial charge in [-0.05, 0) is 12.1 Å². The molecule has 0 N–H and O–H groups in total. The van der Waals surface area contributed by atoms with Crippen LogP contribution < -0.4 is 0 Å². The van der Waals surface area contributed by atoms with Gasteiger partial charge in [-0.1, -0.05) is 38.2 Å². The zero-order valence-corrected chi connectivity index (χ0v) is 13.2. The summed E-state index contributed by atoms with van der Waals surface area (Å²) >= 11 is 3.35. The molecule has 3 heterocycles. The molecule has 3 rings (SSSR count). The summed E-state index contributed by atoms with van der Waals surface area (Å²) in [5.41, 5.74) is 0.873. The number of hydrogen-bond acceptors (Lipinski definition) is 6. The zero-order chi connectivity index (χ0) is 14.2. The number of thioether (sulfide) groups is 1. The molecule has 0 bridgehead atoms. The third-order valence-corrected chi connectivity index (χ3v) is 4.76. The third-order valence-electron chi connectivity index (χ3n) is 2.57. The van der Waals surface area contributed by atoms with E-state index in [1.165, 1.54) is 11.3 Å². The van der Waals surface area contributed by atoms with Crippen LogP contribution >= 0.6 is 23.1 Å². The van der Waals surface area contributed by atoms with Gasteiger partial charge in [0.05, 0.1) is 5.75 Å². The Morgan fingerprint density at radius 1 is 1.25 bits per heavy atom. The predicted octanol–water partition coefficient (Wildman–Crippen LogP) is 3.28. The minimum Gasteiger partial charge on any atom is -0.254 e. The van der Waals surface area contributed by atoms with Crippen LogP contribution in [0.1, 0.15) is 26.6 Å². The van der Waals surface area contributed by atoms with E-state index in [9.17, 15) is 0 Å². The van der Waals surface area contributed by atoms with Crippen molar-refractivity contribution < 1.29 is 0 Å². The lowest BCUT2D eigenvalue weighted by Crippen LogP contribution is -2.08. The fourth-order valence-corrected chi connectivity index (χ4v) is 3.20. The molecule has 0 fully saturated rings. The van der Waals surface area contributed by atoms with E-state index in [1.807, 2.05) is 34.5 Å². The number of fused-ring (bicyclic) bond motifs is 1. The molecule has 3 aromatic heterocycles. The Bertz CT molecular complexity index is 711. The quantitative estimate of drug-likeness (QED) is 0.743. The molecule has 0 saturated carbocycles. The van der Waals surface area contributed by atoms with Gasteiger partial charge in [-0.15, -0.1) is 22.0 Å². The Morgan fingerprint density at radius 3 is 2.80 bits per heavy atom. The smallest absolute Gasteiger partial charge is 0.235 e. The summed E-state index contributed by atoms with van der Waals surface area (Å²) in [6.45, 7) is 6.57. The molecule has 3 aromatic rings. The van der Waals surface area contributed by atoms with Gasteiger partial charge >= 0.3 is 0 Å². The van der Waals surface area contributed by atoms with Gasteiger partial charge in [0.1, 0.15) is 5.69 Å². The van der Waals surface area contributed by atoms with E-state index in [2.05, 4.69) is 41.1 Å². The van der Waals surface area contributed by atoms with Crippen LogP contribution in [0, 0.1) is 0 Å². The molecule has 0 aliphatic rings. The maximum atomic E-state index is 4.58. The van der Waals surface area contributed by atoms with E-state index in [4.69, 9.17) is 0 Å². The van der Waals surface area contributed by atoms with Crippen LogP contribution in [0.4, 0.5) is 0 Å². The molecule has 0 aromatic carbocycles. The van der Waals surface area contributed by atoms with Crippen LogP contribution in [0.2, 0.25) is 0 Å². The van der Waals surface area contributed by atoms with Crippen molar-refractivity contribution in [3.8, 4) is 10.7 Å². The SMILES string of the molecule is CC(C)(C)SCc1nnc2sc(-c3ccccn3)nn12. The third kappa shape index (κ3) is 2.83. The summed E-state index contributed by atoms with van der Waals surface area (Å²) < 4.78 is 2.03. The van der Waals surface area contributed by atoms with Gasteiger partial charge in [-0.3, -0.25) is 4.98 Å². The van der Waals surface area contributed by atoms with Gasteiger partial charge in [0.2, 0.25) is 4.96 Å². The first-order chi connectivity index (χ1) is 9.53. The molecule has 0 radical (unpaired) electrons. The number of aromatic nitrogens is 5. The first-order valence-electron chi connectivity index (χ1n) is 6.29. The maximum absolute atomic E-state index is 4.58. The normalized spacial score (nSPS) is 12.2. The summed E-state index contributed by atoms with van der Waals surface area (Å²) in [5, 5.41) is 13.9. The maximum Gasteiger partial charge on any atom is 0.235 e. The Labute approximate surface area is 125 Å². The van der Waals surface area contributed by atoms with E-state index >= 15 is 0 Å². The van der Waals surface area contributed by atoms with Crippen LogP contribution in [0.3, 0.4) is 0 Å². The van der Waals surface area contributed by atoms with Crippen LogP contribution in [0.5, 0.6) is 0 Å². The van der Waals surface area contributed by atoms with Crippen molar-refractivity contribution in [3.63, 3.8) is 0 Å². The highest BCUT2D eigenvalue weighted by Gasteiger charge is 2.16. The first kappa shape index (κ1) is 13.5. The van der Waals surface area contributed by atoms with Crippen molar-refractivity contribution in [3.05, 3.63) is 30.2 Å². The average molecular weight is 305 g/mol. The molecular formula is C13H15N5S2. The van der Waals surface area contributed by atoms with E-state index in [0.717, 1.165) is 27.2 Å². The molecule has 0 unspecified atom stereocenters. The molecule has 0 spiro atoms. The summed E-state index contributed by atoms with van der Waals surface area (Å²) in [6.07, 6.45) is 1.77. The fraction of sp³-hybridized carbons (Fsp3) is 0.385. The van der Waals surface area contributed by atoms with Gasteiger partial charge in [0, 0.05) is 10.9 Å². The van der Waals surface area contributed by atoms with Crippen LogP contribution in [0.15, 0.2) is 24.4 Å². The van der Waals surface area contributed by atoms with E-state index < -0.39 is 0 Å². The van der Waals surface area contributed by atoms with E-state index in [-0.39, 0.29) is 4.75 Å². The number of nitrogens with zero attached hydrogens (tertiary/aromatic N) is 5. The Morgan fingerprint density at radius 2 is 2.10 bits per heavy atom. The number of hydrogen-bond donors (Lipinski definition) is 0. The molecule has 7 heteroatoms. The van der Waals surface area contributed by atoms with Gasteiger partial charge in [0.15, 0.2) is 10.8 Å². The molecule has 0 aliphatic carbocycles. The second-order valence-electron chi connectivity index (χ2n) is 5.33. The summed E-state index contributed by atoms with van der Waals surface area (Å²) in [5.74, 6) is 1.69. The molecule has 0 atom stereocenters. The molecule has 5 nitrogen and oxygen atoms in total. The highest BCUT2D eigenvalue weighted by Crippen LogP contribution is 2.28. The van der Waals surface area contributed by atoms with Crippen molar-refractivity contribution in [2.24, 2.45) is 0 Å². The largest absolute Gasteiger partial charge is 0.254 e. The average Bonchev–Trinajstić information content (AvgIpc) is 2.96. The number of pyridine rings is 1.